The Morgan fingerprint density at radius 3 is 1.82 bits per heavy atom. The fourth-order valence-electron chi connectivity index (χ4n) is 4.29. The van der Waals surface area contributed by atoms with Gasteiger partial charge in [-0.2, -0.15) is 0 Å². The van der Waals surface area contributed by atoms with Gasteiger partial charge in [-0.05, 0) is 24.8 Å². The van der Waals surface area contributed by atoms with Crippen LogP contribution in [0.5, 0.6) is 0 Å². The molecule has 0 radical (unpaired) electrons. The van der Waals surface area contributed by atoms with Crippen molar-refractivity contribution in [3.8, 4) is 0 Å². The molecule has 2 aromatic rings. The summed E-state index contributed by atoms with van der Waals surface area (Å²) < 4.78 is 2.27. The van der Waals surface area contributed by atoms with Gasteiger partial charge in [0.05, 0.1) is 12.6 Å². The maximum absolute atomic E-state index is 12.2. The Kier molecular flexibility index (Phi) is 15.0. The van der Waals surface area contributed by atoms with E-state index in [1.165, 1.54) is 64.2 Å². The number of aryl methyl sites for hydroxylation is 1. The molecular formula is C29H45N2O2+. The Hall–Kier alpha value is -2.20. The van der Waals surface area contributed by atoms with E-state index < -0.39 is 0 Å². The summed E-state index contributed by atoms with van der Waals surface area (Å²) in [7, 11) is 0. The van der Waals surface area contributed by atoms with Crippen LogP contribution in [0.2, 0.25) is 0 Å². The number of carbonyl (C=O) groups excluding carboxylic acids is 1. The summed E-state index contributed by atoms with van der Waals surface area (Å²) in [5, 5.41) is 12.5. The van der Waals surface area contributed by atoms with Crippen LogP contribution in [0.1, 0.15) is 89.0 Å². The molecule has 0 saturated heterocycles. The summed E-state index contributed by atoms with van der Waals surface area (Å²) in [4.78, 5) is 12.2. The molecule has 0 saturated carbocycles. The number of carbonyl (C=O) groups is 1. The minimum absolute atomic E-state index is 0.0204. The monoisotopic (exact) mass is 453 g/mol. The summed E-state index contributed by atoms with van der Waals surface area (Å²) in [5.74, 6) is 0.0624. The van der Waals surface area contributed by atoms with E-state index in [2.05, 4.69) is 40.5 Å². The van der Waals surface area contributed by atoms with Gasteiger partial charge >= 0.3 is 0 Å². The predicted octanol–water partition coefficient (Wildman–Crippen LogP) is 5.77. The van der Waals surface area contributed by atoms with Crippen molar-refractivity contribution in [3.63, 3.8) is 0 Å². The number of unbranched alkanes of at least 4 members (excludes halogenated alkanes) is 11. The SMILES string of the molecule is O=C(CCCCCCCCCCCCCC[n+]1ccccc1)NC(CO)Cc1ccccc1. The zero-order valence-corrected chi connectivity index (χ0v) is 20.5. The van der Waals surface area contributed by atoms with Gasteiger partial charge < -0.3 is 10.4 Å². The highest BCUT2D eigenvalue weighted by Gasteiger charge is 2.11. The third kappa shape index (κ3) is 13.8. The maximum atomic E-state index is 12.2. The second-order valence-electron chi connectivity index (χ2n) is 9.24. The number of nitrogens with zero attached hydrogens (tertiary/aromatic N) is 1. The van der Waals surface area contributed by atoms with Crippen LogP contribution < -0.4 is 9.88 Å². The van der Waals surface area contributed by atoms with E-state index in [0.717, 1.165) is 24.9 Å². The van der Waals surface area contributed by atoms with Gasteiger partial charge in [-0.25, -0.2) is 4.57 Å². The molecule has 1 atom stereocenters. The molecular weight excluding hydrogens is 408 g/mol. The van der Waals surface area contributed by atoms with Gasteiger partial charge in [-0.15, -0.1) is 0 Å². The lowest BCUT2D eigenvalue weighted by Gasteiger charge is -2.16. The highest BCUT2D eigenvalue weighted by Crippen LogP contribution is 2.13. The number of pyridine rings is 1. The normalized spacial score (nSPS) is 11.9. The van der Waals surface area contributed by atoms with Gasteiger partial charge in [-0.3, -0.25) is 4.79 Å². The third-order valence-electron chi connectivity index (χ3n) is 6.26. The molecule has 1 amide bonds. The molecule has 0 spiro atoms. The number of aliphatic hydroxyl groups excluding tert-OH is 1. The molecule has 1 heterocycles. The summed E-state index contributed by atoms with van der Waals surface area (Å²) in [6, 6.07) is 16.1. The van der Waals surface area contributed by atoms with Crippen LogP contribution in [0.25, 0.3) is 0 Å². The molecule has 1 unspecified atom stereocenters. The average Bonchev–Trinajstić information content (AvgIpc) is 2.85. The number of hydrogen-bond acceptors (Lipinski definition) is 2. The van der Waals surface area contributed by atoms with Crippen molar-refractivity contribution in [2.45, 2.75) is 102 Å². The van der Waals surface area contributed by atoms with Crippen LogP contribution in [0.4, 0.5) is 0 Å². The molecule has 182 valence electrons. The largest absolute Gasteiger partial charge is 0.394 e. The lowest BCUT2D eigenvalue weighted by molar-refractivity contribution is -0.697. The first-order chi connectivity index (χ1) is 16.3. The lowest BCUT2D eigenvalue weighted by Crippen LogP contribution is -2.38. The van der Waals surface area contributed by atoms with Gasteiger partial charge in [0.1, 0.15) is 6.54 Å². The van der Waals surface area contributed by atoms with E-state index in [1.54, 1.807) is 0 Å². The zero-order chi connectivity index (χ0) is 23.4. The van der Waals surface area contributed by atoms with Crippen LogP contribution >= 0.6 is 0 Å². The lowest BCUT2D eigenvalue weighted by atomic mass is 10.0. The number of benzene rings is 1. The topological polar surface area (TPSA) is 53.2 Å². The molecule has 4 heteroatoms. The molecule has 4 nitrogen and oxygen atoms in total. The van der Waals surface area contributed by atoms with E-state index in [1.807, 2.05) is 30.3 Å². The van der Waals surface area contributed by atoms with Gasteiger partial charge in [0.25, 0.3) is 0 Å². The van der Waals surface area contributed by atoms with Gasteiger partial charge in [0.15, 0.2) is 12.4 Å². The highest BCUT2D eigenvalue weighted by atomic mass is 16.3. The fraction of sp³-hybridized carbons (Fsp3) is 0.586. The Morgan fingerprint density at radius 1 is 0.727 bits per heavy atom. The summed E-state index contributed by atoms with van der Waals surface area (Å²) in [6.07, 6.45) is 20.8. The van der Waals surface area contributed by atoms with Crippen molar-refractivity contribution < 1.29 is 14.5 Å². The number of hydrogen-bond donors (Lipinski definition) is 2. The minimum Gasteiger partial charge on any atom is -0.394 e. The van der Waals surface area contributed by atoms with Crippen molar-refractivity contribution in [1.82, 2.24) is 5.32 Å². The van der Waals surface area contributed by atoms with Gasteiger partial charge in [0.2, 0.25) is 5.91 Å². The number of nitrogens with one attached hydrogen (secondary N) is 1. The molecule has 1 aromatic carbocycles. The molecule has 0 fully saturated rings. The molecule has 2 rings (SSSR count). The van der Waals surface area contributed by atoms with Crippen molar-refractivity contribution in [1.29, 1.82) is 0 Å². The standard InChI is InChI=1S/C29H44N2O2/c32-26-28(25-27-19-13-11-14-20-27)30-29(33)21-15-9-7-5-3-1-2-4-6-8-10-16-22-31-23-17-12-18-24-31/h11-14,17-20,23-24,28,32H,1-10,15-16,21-22,25-26H2/p+1. The van der Waals surface area contributed by atoms with E-state index in [-0.39, 0.29) is 18.6 Å². The van der Waals surface area contributed by atoms with Crippen LogP contribution in [0.3, 0.4) is 0 Å². The van der Waals surface area contributed by atoms with Crippen LogP contribution in [0, 0.1) is 0 Å². The van der Waals surface area contributed by atoms with Gasteiger partial charge in [0, 0.05) is 25.0 Å². The Balaban J connectivity index is 1.34. The van der Waals surface area contributed by atoms with Crippen LogP contribution in [-0.4, -0.2) is 23.7 Å². The fourth-order valence-corrected chi connectivity index (χ4v) is 4.29. The Bertz CT molecular complexity index is 721. The van der Waals surface area contributed by atoms with Crippen LogP contribution in [-0.2, 0) is 17.8 Å². The first-order valence-corrected chi connectivity index (χ1v) is 13.2. The third-order valence-corrected chi connectivity index (χ3v) is 6.26. The van der Waals surface area contributed by atoms with E-state index >= 15 is 0 Å². The van der Waals surface area contributed by atoms with Crippen molar-refractivity contribution in [2.75, 3.05) is 6.61 Å². The molecule has 2 N–H and O–H groups in total. The Morgan fingerprint density at radius 2 is 1.24 bits per heavy atom. The quantitative estimate of drug-likeness (QED) is 0.210. The molecule has 33 heavy (non-hydrogen) atoms. The summed E-state index contributed by atoms with van der Waals surface area (Å²) >= 11 is 0. The van der Waals surface area contributed by atoms with Crippen molar-refractivity contribution in [2.24, 2.45) is 0 Å². The number of rotatable bonds is 19. The molecule has 0 aliphatic heterocycles. The minimum atomic E-state index is -0.192. The van der Waals surface area contributed by atoms with E-state index in [0.29, 0.717) is 12.8 Å². The number of aliphatic hydroxyl groups is 1. The maximum Gasteiger partial charge on any atom is 0.220 e. The first-order valence-electron chi connectivity index (χ1n) is 13.2. The smallest absolute Gasteiger partial charge is 0.220 e. The second-order valence-corrected chi connectivity index (χ2v) is 9.24. The van der Waals surface area contributed by atoms with E-state index in [4.69, 9.17) is 0 Å². The molecule has 0 aliphatic carbocycles. The zero-order valence-electron chi connectivity index (χ0n) is 20.5. The summed E-state index contributed by atoms with van der Waals surface area (Å²) in [5.41, 5.74) is 1.14. The van der Waals surface area contributed by atoms with Gasteiger partial charge in [-0.1, -0.05) is 94.2 Å². The number of aromatic nitrogens is 1. The van der Waals surface area contributed by atoms with Crippen LogP contribution in [0.15, 0.2) is 60.9 Å². The average molecular weight is 454 g/mol. The predicted molar refractivity (Wildman–Crippen MR) is 136 cm³/mol. The van der Waals surface area contributed by atoms with E-state index in [9.17, 15) is 9.90 Å². The Labute approximate surface area is 201 Å². The second kappa shape index (κ2) is 18.3. The van der Waals surface area contributed by atoms with Crippen molar-refractivity contribution >= 4 is 5.91 Å². The molecule has 0 aliphatic rings. The first kappa shape index (κ1) is 27.0. The molecule has 1 aromatic heterocycles. The highest BCUT2D eigenvalue weighted by molar-refractivity contribution is 5.76. The molecule has 0 bridgehead atoms. The number of amides is 1. The van der Waals surface area contributed by atoms with Crippen molar-refractivity contribution in [3.05, 3.63) is 66.5 Å². The summed E-state index contributed by atoms with van der Waals surface area (Å²) in [6.45, 7) is 1.12.